The highest BCUT2D eigenvalue weighted by Gasteiger charge is 2.50. The molecule has 41 heavy (non-hydrogen) atoms. The van der Waals surface area contributed by atoms with Gasteiger partial charge < -0.3 is 4.74 Å². The number of carbonyl (C=O) groups excluding carboxylic acids is 1. The average molecular weight is 570 g/mol. The number of thiazole rings is 1. The fourth-order valence-corrected chi connectivity index (χ4v) is 9.06. The number of pyridine rings is 1. The number of aryl methyl sites for hydroxylation is 1. The molecule has 5 fully saturated rings. The van der Waals surface area contributed by atoms with E-state index in [0.29, 0.717) is 11.8 Å². The smallest absolute Gasteiger partial charge is 0.231 e. The zero-order valence-corrected chi connectivity index (χ0v) is 25.5. The number of aromatic nitrogens is 2. The Bertz CT molecular complexity index is 1400. The number of ether oxygens (including phenoxy) is 1. The molecule has 1 aromatic carbocycles. The van der Waals surface area contributed by atoms with Gasteiger partial charge >= 0.3 is 0 Å². The van der Waals surface area contributed by atoms with E-state index in [1.54, 1.807) is 7.11 Å². The highest BCUT2D eigenvalue weighted by molar-refractivity contribution is 7.15. The number of nitrogens with zero attached hydrogens (tertiary/aromatic N) is 3. The molecule has 0 spiro atoms. The SMILES string of the molecule is COc1ccc(C23CCC(CN(C(=O)C4CCCCC4)c4cc(-c5cnc(C6CC6)s5)ccn4)(CC2)CC3)cc1C. The first-order chi connectivity index (χ1) is 20.0. The maximum absolute atomic E-state index is 14.2. The topological polar surface area (TPSA) is 55.3 Å². The van der Waals surface area contributed by atoms with Crippen LogP contribution in [0.25, 0.3) is 10.4 Å². The van der Waals surface area contributed by atoms with Crippen molar-refractivity contribution in [3.05, 3.63) is 58.9 Å². The van der Waals surface area contributed by atoms with Crippen LogP contribution in [-0.4, -0.2) is 29.5 Å². The summed E-state index contributed by atoms with van der Waals surface area (Å²) in [6.45, 7) is 2.95. The molecule has 5 aliphatic rings. The van der Waals surface area contributed by atoms with Crippen molar-refractivity contribution in [2.75, 3.05) is 18.6 Å². The number of hydrogen-bond acceptors (Lipinski definition) is 5. The normalized spacial score (nSPS) is 26.2. The van der Waals surface area contributed by atoms with Gasteiger partial charge in [-0.05, 0) is 117 Å². The second-order valence-corrected chi connectivity index (χ2v) is 14.5. The first kappa shape index (κ1) is 27.1. The van der Waals surface area contributed by atoms with Crippen molar-refractivity contribution in [1.29, 1.82) is 0 Å². The molecule has 2 bridgehead atoms. The van der Waals surface area contributed by atoms with Crippen molar-refractivity contribution in [2.45, 2.75) is 102 Å². The lowest BCUT2D eigenvalue weighted by Gasteiger charge is -2.55. The summed E-state index contributed by atoms with van der Waals surface area (Å²) in [5.74, 6) is 2.90. The molecule has 5 nitrogen and oxygen atoms in total. The second-order valence-electron chi connectivity index (χ2n) is 13.5. The van der Waals surface area contributed by atoms with E-state index in [9.17, 15) is 4.79 Å². The van der Waals surface area contributed by atoms with Crippen molar-refractivity contribution in [3.63, 3.8) is 0 Å². The average Bonchev–Trinajstić information content (AvgIpc) is 3.77. The molecule has 0 N–H and O–H groups in total. The van der Waals surface area contributed by atoms with E-state index in [1.807, 2.05) is 23.7 Å². The van der Waals surface area contributed by atoms with Crippen LogP contribution in [0.3, 0.4) is 0 Å². The van der Waals surface area contributed by atoms with Gasteiger partial charge in [-0.2, -0.15) is 0 Å². The minimum absolute atomic E-state index is 0.129. The van der Waals surface area contributed by atoms with E-state index in [4.69, 9.17) is 14.7 Å². The van der Waals surface area contributed by atoms with Crippen molar-refractivity contribution in [2.24, 2.45) is 11.3 Å². The minimum atomic E-state index is 0.129. The summed E-state index contributed by atoms with van der Waals surface area (Å²) in [5.41, 5.74) is 4.28. The molecule has 1 amide bonds. The number of amides is 1. The highest BCUT2D eigenvalue weighted by atomic mass is 32.1. The largest absolute Gasteiger partial charge is 0.496 e. The number of fused-ring (bicyclic) bond motifs is 3. The first-order valence-corrected chi connectivity index (χ1v) is 16.7. The Labute approximate surface area is 248 Å². The third kappa shape index (κ3) is 5.22. The molecule has 0 radical (unpaired) electrons. The number of rotatable bonds is 8. The lowest BCUT2D eigenvalue weighted by Crippen LogP contribution is -2.51. The Hall–Kier alpha value is -2.73. The van der Waals surface area contributed by atoms with Gasteiger partial charge in [-0.1, -0.05) is 31.4 Å². The van der Waals surface area contributed by atoms with Crippen LogP contribution in [0.5, 0.6) is 5.75 Å². The predicted molar refractivity (Wildman–Crippen MR) is 166 cm³/mol. The molecule has 6 heteroatoms. The molecule has 2 aromatic heterocycles. The lowest BCUT2D eigenvalue weighted by atomic mass is 9.51. The molecule has 0 saturated heterocycles. The molecular weight excluding hydrogens is 526 g/mol. The molecule has 0 unspecified atom stereocenters. The zero-order chi connectivity index (χ0) is 28.0. The van der Waals surface area contributed by atoms with Crippen LogP contribution in [0.4, 0.5) is 5.82 Å². The third-order valence-electron chi connectivity index (χ3n) is 10.9. The number of benzene rings is 1. The zero-order valence-electron chi connectivity index (χ0n) is 24.7. The first-order valence-electron chi connectivity index (χ1n) is 15.9. The molecule has 2 heterocycles. The van der Waals surface area contributed by atoms with E-state index in [0.717, 1.165) is 49.4 Å². The molecule has 5 aliphatic carbocycles. The fourth-order valence-electron chi connectivity index (χ4n) is 7.98. The van der Waals surface area contributed by atoms with Gasteiger partial charge in [-0.3, -0.25) is 9.69 Å². The van der Waals surface area contributed by atoms with Crippen molar-refractivity contribution in [3.8, 4) is 16.2 Å². The van der Waals surface area contributed by atoms with E-state index in [1.165, 1.54) is 78.8 Å². The lowest BCUT2D eigenvalue weighted by molar-refractivity contribution is -0.124. The summed E-state index contributed by atoms with van der Waals surface area (Å²) in [6, 6.07) is 11.1. The summed E-state index contributed by atoms with van der Waals surface area (Å²) in [4.78, 5) is 27.1. The number of methoxy groups -OCH3 is 1. The molecular formula is C35H43N3O2S. The van der Waals surface area contributed by atoms with Gasteiger partial charge in [-0.25, -0.2) is 9.97 Å². The molecule has 216 valence electrons. The monoisotopic (exact) mass is 569 g/mol. The Balaban J connectivity index is 1.15. The van der Waals surface area contributed by atoms with Gasteiger partial charge in [0, 0.05) is 30.8 Å². The third-order valence-corrected chi connectivity index (χ3v) is 12.1. The van der Waals surface area contributed by atoms with Gasteiger partial charge in [0.1, 0.15) is 11.6 Å². The maximum atomic E-state index is 14.2. The number of hydrogen-bond donors (Lipinski definition) is 0. The van der Waals surface area contributed by atoms with Crippen LogP contribution in [0.2, 0.25) is 0 Å². The summed E-state index contributed by atoms with van der Waals surface area (Å²) in [7, 11) is 1.75. The number of carbonyl (C=O) groups is 1. The van der Waals surface area contributed by atoms with Crippen LogP contribution in [0.15, 0.2) is 42.7 Å². The van der Waals surface area contributed by atoms with Gasteiger partial charge in [0.25, 0.3) is 0 Å². The van der Waals surface area contributed by atoms with E-state index in [2.05, 4.69) is 42.2 Å². The fraction of sp³-hybridized carbons (Fsp3) is 0.571. The Morgan fingerprint density at radius 1 is 0.976 bits per heavy atom. The predicted octanol–water partition coefficient (Wildman–Crippen LogP) is 8.61. The molecule has 0 atom stereocenters. The Kier molecular flexibility index (Phi) is 7.17. The standard InChI is InChI=1S/C35H43N3O2S/c1-24-20-28(10-11-29(24)40-2)35-16-13-34(14-17-35,15-18-35)23-38(33(39)26-6-4-3-5-7-26)31-21-27(12-19-36-31)30-22-37-32(41-30)25-8-9-25/h10-12,19-22,25-26H,3-9,13-18,23H2,1-2H3. The van der Waals surface area contributed by atoms with Crippen molar-refractivity contribution < 1.29 is 9.53 Å². The van der Waals surface area contributed by atoms with E-state index >= 15 is 0 Å². The highest BCUT2D eigenvalue weighted by Crippen LogP contribution is 2.58. The van der Waals surface area contributed by atoms with Crippen LogP contribution in [0.1, 0.15) is 106 Å². The molecule has 3 aromatic rings. The van der Waals surface area contributed by atoms with Gasteiger partial charge in [0.05, 0.1) is 17.0 Å². The summed E-state index contributed by atoms with van der Waals surface area (Å²) in [5, 5.41) is 1.26. The molecule has 0 aliphatic heterocycles. The summed E-state index contributed by atoms with van der Waals surface area (Å²) < 4.78 is 5.54. The van der Waals surface area contributed by atoms with Crippen LogP contribution >= 0.6 is 11.3 Å². The summed E-state index contributed by atoms with van der Waals surface area (Å²) in [6.07, 6.45) is 19.2. The maximum Gasteiger partial charge on any atom is 0.231 e. The quantitative estimate of drug-likeness (QED) is 0.273. The Morgan fingerprint density at radius 3 is 2.41 bits per heavy atom. The van der Waals surface area contributed by atoms with Crippen molar-refractivity contribution >= 4 is 23.1 Å². The molecule has 8 rings (SSSR count). The van der Waals surface area contributed by atoms with Crippen LogP contribution < -0.4 is 9.64 Å². The van der Waals surface area contributed by atoms with Crippen LogP contribution in [0, 0.1) is 18.3 Å². The Morgan fingerprint density at radius 2 is 1.73 bits per heavy atom. The van der Waals surface area contributed by atoms with Gasteiger partial charge in [0.2, 0.25) is 5.91 Å². The van der Waals surface area contributed by atoms with Crippen LogP contribution in [-0.2, 0) is 10.2 Å². The molecule has 5 saturated carbocycles. The van der Waals surface area contributed by atoms with E-state index < -0.39 is 0 Å². The second kappa shape index (κ2) is 10.8. The van der Waals surface area contributed by atoms with Gasteiger partial charge in [-0.15, -0.1) is 11.3 Å². The minimum Gasteiger partial charge on any atom is -0.496 e. The summed E-state index contributed by atoms with van der Waals surface area (Å²) >= 11 is 1.81. The van der Waals surface area contributed by atoms with E-state index in [-0.39, 0.29) is 16.7 Å². The van der Waals surface area contributed by atoms with Gasteiger partial charge in [0.15, 0.2) is 0 Å². The number of anilines is 1. The van der Waals surface area contributed by atoms with Crippen molar-refractivity contribution in [1.82, 2.24) is 9.97 Å².